The van der Waals surface area contributed by atoms with Crippen LogP contribution in [0.25, 0.3) is 0 Å². The summed E-state index contributed by atoms with van der Waals surface area (Å²) in [6.07, 6.45) is -0.780. The number of hydrogen-bond acceptors (Lipinski definition) is 3. The van der Waals surface area contributed by atoms with E-state index in [1.165, 1.54) is 7.05 Å². The third-order valence-electron chi connectivity index (χ3n) is 1.13. The minimum absolute atomic E-state index is 0.522. The first-order valence-electron chi connectivity index (χ1n) is 3.83. The van der Waals surface area contributed by atoms with Gasteiger partial charge in [0.15, 0.2) is 6.29 Å². The Hall–Kier alpha value is -0.810. The van der Waals surface area contributed by atoms with Gasteiger partial charge in [0, 0.05) is 13.7 Å². The third kappa shape index (κ3) is 4.92. The molecule has 5 nitrogen and oxygen atoms in total. The van der Waals surface area contributed by atoms with Crippen LogP contribution in [0.3, 0.4) is 0 Å². The Kier molecular flexibility index (Phi) is 5.40. The number of hydroxylamine groups is 2. The number of amides is 1. The van der Waals surface area contributed by atoms with Crippen molar-refractivity contribution in [3.63, 3.8) is 0 Å². The molecule has 0 fully saturated rings. The SMILES string of the molecule is CCCOC(C)ON(C)C(=O)O. The summed E-state index contributed by atoms with van der Waals surface area (Å²) in [5, 5.41) is 9.12. The lowest BCUT2D eigenvalue weighted by molar-refractivity contribution is -0.243. The largest absolute Gasteiger partial charge is 0.463 e. The van der Waals surface area contributed by atoms with Crippen molar-refractivity contribution >= 4 is 6.09 Å². The molecule has 0 radical (unpaired) electrons. The Labute approximate surface area is 71.8 Å². The molecule has 0 aliphatic rings. The van der Waals surface area contributed by atoms with Crippen LogP contribution in [0.4, 0.5) is 4.79 Å². The molecule has 0 aliphatic heterocycles. The van der Waals surface area contributed by atoms with E-state index in [9.17, 15) is 4.79 Å². The predicted molar refractivity (Wildman–Crippen MR) is 42.6 cm³/mol. The van der Waals surface area contributed by atoms with Crippen LogP contribution in [0, 0.1) is 0 Å². The number of hydrogen-bond donors (Lipinski definition) is 1. The van der Waals surface area contributed by atoms with E-state index in [-0.39, 0.29) is 0 Å². The molecule has 0 saturated heterocycles. The molecule has 0 aromatic heterocycles. The second-order valence-electron chi connectivity index (χ2n) is 2.32. The molecule has 1 N–H and O–H groups in total. The van der Waals surface area contributed by atoms with E-state index in [1.54, 1.807) is 6.92 Å². The fourth-order valence-corrected chi connectivity index (χ4v) is 0.582. The van der Waals surface area contributed by atoms with Gasteiger partial charge in [-0.3, -0.25) is 0 Å². The molecule has 1 unspecified atom stereocenters. The van der Waals surface area contributed by atoms with E-state index in [4.69, 9.17) is 14.7 Å². The van der Waals surface area contributed by atoms with Crippen molar-refractivity contribution in [2.45, 2.75) is 26.6 Å². The zero-order valence-corrected chi connectivity index (χ0v) is 7.61. The van der Waals surface area contributed by atoms with E-state index < -0.39 is 12.4 Å². The fraction of sp³-hybridized carbons (Fsp3) is 0.857. The minimum Gasteiger partial charge on any atom is -0.463 e. The van der Waals surface area contributed by atoms with Crippen molar-refractivity contribution < 1.29 is 19.5 Å². The summed E-state index contributed by atoms with van der Waals surface area (Å²) in [5.74, 6) is 0. The summed E-state index contributed by atoms with van der Waals surface area (Å²) in [6.45, 7) is 4.18. The smallest absolute Gasteiger partial charge is 0.431 e. The summed E-state index contributed by atoms with van der Waals surface area (Å²) in [7, 11) is 1.31. The van der Waals surface area contributed by atoms with Gasteiger partial charge in [-0.05, 0) is 13.3 Å². The molecule has 1 amide bonds. The molecule has 0 aromatic carbocycles. The normalized spacial score (nSPS) is 12.6. The maximum absolute atomic E-state index is 10.3. The van der Waals surface area contributed by atoms with Gasteiger partial charge in [0.1, 0.15) is 0 Å². The highest BCUT2D eigenvalue weighted by atomic mass is 16.8. The molecule has 0 aromatic rings. The fourth-order valence-electron chi connectivity index (χ4n) is 0.582. The highest BCUT2D eigenvalue weighted by Crippen LogP contribution is 1.97. The van der Waals surface area contributed by atoms with Gasteiger partial charge in [0.2, 0.25) is 0 Å². The Morgan fingerprint density at radius 3 is 2.67 bits per heavy atom. The number of ether oxygens (including phenoxy) is 1. The van der Waals surface area contributed by atoms with Crippen LogP contribution in [0.2, 0.25) is 0 Å². The van der Waals surface area contributed by atoms with Gasteiger partial charge in [-0.2, -0.15) is 5.06 Å². The second kappa shape index (κ2) is 5.79. The summed E-state index contributed by atoms with van der Waals surface area (Å²) in [4.78, 5) is 15.1. The van der Waals surface area contributed by atoms with Crippen LogP contribution in [-0.4, -0.2) is 36.2 Å². The lowest BCUT2D eigenvalue weighted by Gasteiger charge is -2.18. The van der Waals surface area contributed by atoms with Gasteiger partial charge in [-0.1, -0.05) is 6.92 Å². The van der Waals surface area contributed by atoms with E-state index >= 15 is 0 Å². The second-order valence-corrected chi connectivity index (χ2v) is 2.32. The van der Waals surface area contributed by atoms with Gasteiger partial charge in [0.25, 0.3) is 0 Å². The molecule has 0 spiro atoms. The average Bonchev–Trinajstić information content (AvgIpc) is 2.00. The Morgan fingerprint density at radius 1 is 1.67 bits per heavy atom. The highest BCUT2D eigenvalue weighted by Gasteiger charge is 2.10. The topological polar surface area (TPSA) is 59.0 Å². The number of rotatable bonds is 5. The van der Waals surface area contributed by atoms with Gasteiger partial charge >= 0.3 is 6.09 Å². The van der Waals surface area contributed by atoms with Crippen LogP contribution >= 0.6 is 0 Å². The molecule has 12 heavy (non-hydrogen) atoms. The molecule has 0 aliphatic carbocycles. The van der Waals surface area contributed by atoms with Crippen molar-refractivity contribution in [1.29, 1.82) is 0 Å². The third-order valence-corrected chi connectivity index (χ3v) is 1.13. The highest BCUT2D eigenvalue weighted by molar-refractivity contribution is 5.62. The van der Waals surface area contributed by atoms with Gasteiger partial charge in [0.05, 0.1) is 0 Å². The summed E-state index contributed by atoms with van der Waals surface area (Å²) < 4.78 is 5.08. The zero-order valence-electron chi connectivity index (χ0n) is 7.61. The van der Waals surface area contributed by atoms with Crippen LogP contribution in [0.1, 0.15) is 20.3 Å². The Morgan fingerprint density at radius 2 is 2.25 bits per heavy atom. The van der Waals surface area contributed by atoms with Crippen molar-refractivity contribution in [1.82, 2.24) is 5.06 Å². The van der Waals surface area contributed by atoms with Crippen molar-refractivity contribution in [3.05, 3.63) is 0 Å². The van der Waals surface area contributed by atoms with Crippen LogP contribution in [0.5, 0.6) is 0 Å². The molecule has 0 bridgehead atoms. The molecule has 1 atom stereocenters. The summed E-state index contributed by atoms with van der Waals surface area (Å²) in [6, 6.07) is 0. The van der Waals surface area contributed by atoms with Crippen molar-refractivity contribution in [2.75, 3.05) is 13.7 Å². The predicted octanol–water partition coefficient (Wildman–Crippen LogP) is 1.30. The monoisotopic (exact) mass is 177 g/mol. The average molecular weight is 177 g/mol. The number of carboxylic acid groups (broad SMARTS) is 1. The van der Waals surface area contributed by atoms with Gasteiger partial charge in [-0.15, -0.1) is 0 Å². The van der Waals surface area contributed by atoms with Crippen LogP contribution < -0.4 is 0 Å². The number of nitrogens with zero attached hydrogens (tertiary/aromatic N) is 1. The lowest BCUT2D eigenvalue weighted by atomic mass is 10.5. The van der Waals surface area contributed by atoms with Crippen molar-refractivity contribution in [2.24, 2.45) is 0 Å². The molecule has 0 heterocycles. The van der Waals surface area contributed by atoms with E-state index in [2.05, 4.69) is 0 Å². The van der Waals surface area contributed by atoms with Gasteiger partial charge < -0.3 is 9.84 Å². The quantitative estimate of drug-likeness (QED) is 0.508. The minimum atomic E-state index is -1.14. The molecule has 0 saturated carbocycles. The van der Waals surface area contributed by atoms with Gasteiger partial charge in [-0.25, -0.2) is 9.63 Å². The molecule has 72 valence electrons. The van der Waals surface area contributed by atoms with Crippen molar-refractivity contribution in [3.8, 4) is 0 Å². The summed E-state index contributed by atoms with van der Waals surface area (Å²) in [5.41, 5.74) is 0. The molecule has 5 heteroatoms. The Bertz CT molecular complexity index is 139. The molecule has 0 rings (SSSR count). The first-order chi connectivity index (χ1) is 5.57. The molecular formula is C7H15NO4. The van der Waals surface area contributed by atoms with Crippen LogP contribution in [-0.2, 0) is 9.57 Å². The van der Waals surface area contributed by atoms with E-state index in [0.717, 1.165) is 11.5 Å². The van der Waals surface area contributed by atoms with E-state index in [0.29, 0.717) is 6.61 Å². The maximum atomic E-state index is 10.3. The first-order valence-corrected chi connectivity index (χ1v) is 3.83. The first kappa shape index (κ1) is 11.2. The maximum Gasteiger partial charge on any atom is 0.431 e. The molecular weight excluding hydrogens is 162 g/mol. The standard InChI is InChI=1S/C7H15NO4/c1-4-5-11-6(2)12-8(3)7(9)10/h6H,4-5H2,1-3H3,(H,9,10). The Balaban J connectivity index is 3.53. The zero-order chi connectivity index (χ0) is 9.56. The number of carbonyl (C=O) groups is 1. The van der Waals surface area contributed by atoms with Crippen LogP contribution in [0.15, 0.2) is 0 Å². The lowest BCUT2D eigenvalue weighted by Crippen LogP contribution is -2.30. The summed E-state index contributed by atoms with van der Waals surface area (Å²) >= 11 is 0. The van der Waals surface area contributed by atoms with E-state index in [1.807, 2.05) is 6.92 Å².